The van der Waals surface area contributed by atoms with Crippen molar-refractivity contribution < 1.29 is 18.4 Å². The number of hydrogen-bond donors (Lipinski definition) is 6. The van der Waals surface area contributed by atoms with E-state index in [1.165, 1.54) is 6.07 Å². The molecule has 9 heteroatoms. The predicted octanol–water partition coefficient (Wildman–Crippen LogP) is 5.87. The maximum atomic E-state index is 13.7. The number of nitrogens with one attached hydrogen (secondary N) is 4. The lowest BCUT2D eigenvalue weighted by Crippen LogP contribution is -2.42. The van der Waals surface area contributed by atoms with Crippen molar-refractivity contribution in [2.45, 2.75) is 33.0 Å². The summed E-state index contributed by atoms with van der Waals surface area (Å²) in [7, 11) is 0. The van der Waals surface area contributed by atoms with Crippen LogP contribution in [0.2, 0.25) is 0 Å². The highest BCUT2D eigenvalue weighted by atomic mass is 19.2. The number of hydrogen-bond acceptors (Lipinski definition) is 6. The molecule has 0 aliphatic rings. The van der Waals surface area contributed by atoms with Gasteiger partial charge < -0.3 is 16.4 Å². The highest BCUT2D eigenvalue weighted by molar-refractivity contribution is 5.53. The Morgan fingerprint density at radius 1 is 1.07 bits per heavy atom. The largest absolute Gasteiger partial charge is 0.358 e. The Morgan fingerprint density at radius 3 is 2.36 bits per heavy atom. The number of benzene rings is 2. The maximum Gasteiger partial charge on any atom is 0.194 e. The first kappa shape index (κ1) is 37.5. The zero-order chi connectivity index (χ0) is 31.9. The molecule has 42 heavy (non-hydrogen) atoms. The quantitative estimate of drug-likeness (QED) is 0.0419. The van der Waals surface area contributed by atoms with Crippen molar-refractivity contribution >= 4 is 5.69 Å². The SMILES string of the molecule is C#C.C=C/C=C(C#Cc1ccc(NC(=C)CNCc2ccc(F)c(F)c2F)cc1)\C=C/CCNC(N)C(=C)NO.CC. The number of nitrogens with two attached hydrogens (primary N) is 1. The third-order valence-corrected chi connectivity index (χ3v) is 5.12. The minimum absolute atomic E-state index is 0.0221. The van der Waals surface area contributed by atoms with Crippen LogP contribution in [0.5, 0.6) is 0 Å². The zero-order valence-electron chi connectivity index (χ0n) is 24.1. The summed E-state index contributed by atoms with van der Waals surface area (Å²) in [4.78, 5) is 0. The normalized spacial score (nSPS) is 11.0. The summed E-state index contributed by atoms with van der Waals surface area (Å²) in [6.07, 6.45) is 15.4. The van der Waals surface area contributed by atoms with Gasteiger partial charge in [-0.3, -0.25) is 16.0 Å². The Balaban J connectivity index is 0.00000402. The van der Waals surface area contributed by atoms with E-state index in [2.05, 4.69) is 60.4 Å². The molecule has 0 amide bonds. The second-order valence-electron chi connectivity index (χ2n) is 8.11. The molecule has 2 aromatic rings. The van der Waals surface area contributed by atoms with Crippen LogP contribution in [0, 0.1) is 42.1 Å². The van der Waals surface area contributed by atoms with Gasteiger partial charge in [0.15, 0.2) is 17.5 Å². The summed E-state index contributed by atoms with van der Waals surface area (Å²) < 4.78 is 40.1. The van der Waals surface area contributed by atoms with Gasteiger partial charge in [-0.2, -0.15) is 0 Å². The van der Waals surface area contributed by atoms with Gasteiger partial charge in [0.1, 0.15) is 0 Å². The molecular weight excluding hydrogens is 539 g/mol. The Hall–Kier alpha value is -4.51. The molecule has 2 rings (SSSR count). The molecule has 0 aliphatic carbocycles. The van der Waals surface area contributed by atoms with Crippen LogP contribution in [0.15, 0.2) is 97.4 Å². The van der Waals surface area contributed by atoms with E-state index in [-0.39, 0.29) is 24.4 Å². The second kappa shape index (κ2) is 22.2. The van der Waals surface area contributed by atoms with Gasteiger partial charge in [0.25, 0.3) is 0 Å². The highest BCUT2D eigenvalue weighted by Crippen LogP contribution is 2.15. The third kappa shape index (κ3) is 14.2. The highest BCUT2D eigenvalue weighted by Gasteiger charge is 2.12. The molecular formula is C33H40F3N5O. The summed E-state index contributed by atoms with van der Waals surface area (Å²) in [6, 6.07) is 9.50. The lowest BCUT2D eigenvalue weighted by Gasteiger charge is -2.14. The summed E-state index contributed by atoms with van der Waals surface area (Å²) in [5.41, 5.74) is 11.0. The topological polar surface area (TPSA) is 94.4 Å². The molecule has 0 saturated heterocycles. The van der Waals surface area contributed by atoms with Gasteiger partial charge in [-0.1, -0.05) is 69.7 Å². The monoisotopic (exact) mass is 579 g/mol. The molecule has 0 fully saturated rings. The molecule has 0 saturated carbocycles. The minimum Gasteiger partial charge on any atom is -0.358 e. The van der Waals surface area contributed by atoms with Crippen LogP contribution in [-0.4, -0.2) is 24.5 Å². The maximum absolute atomic E-state index is 13.7. The molecule has 224 valence electrons. The van der Waals surface area contributed by atoms with Gasteiger partial charge in [-0.25, -0.2) is 13.2 Å². The number of anilines is 1. The van der Waals surface area contributed by atoms with Crippen LogP contribution in [0.1, 0.15) is 31.4 Å². The average molecular weight is 580 g/mol. The molecule has 0 heterocycles. The second-order valence-corrected chi connectivity index (χ2v) is 8.11. The van der Waals surface area contributed by atoms with E-state index in [4.69, 9.17) is 10.9 Å². The number of allylic oxidation sites excluding steroid dienone is 4. The van der Waals surface area contributed by atoms with Crippen molar-refractivity contribution in [3.63, 3.8) is 0 Å². The van der Waals surface area contributed by atoms with Gasteiger partial charge in [0.05, 0.1) is 11.9 Å². The first-order chi connectivity index (χ1) is 20.2. The summed E-state index contributed by atoms with van der Waals surface area (Å²) in [5, 5.41) is 17.9. The minimum atomic E-state index is -1.48. The standard InChI is InChI=1S/C29H32F3N5O.C2H6.C2H2/c1-4-7-22(8-5-6-17-35-29(33)21(3)37-38)9-10-23-11-14-25(15-12-23)36-20(2)18-34-19-24-13-16-26(30)28(32)27(24)31;2*1-2/h4-5,7-8,11-16,29,34-38H,1-3,6,17-19,33H2;1-2H3;1-2H/b8-5-,22-7+;;. The summed E-state index contributed by atoms with van der Waals surface area (Å²) >= 11 is 0. The predicted molar refractivity (Wildman–Crippen MR) is 167 cm³/mol. The first-order valence-corrected chi connectivity index (χ1v) is 13.1. The summed E-state index contributed by atoms with van der Waals surface area (Å²) in [5.74, 6) is 2.31. The molecule has 7 N–H and O–H groups in total. The molecule has 0 radical (unpaired) electrons. The van der Waals surface area contributed by atoms with E-state index in [0.717, 1.165) is 22.9 Å². The van der Waals surface area contributed by atoms with Crippen LogP contribution in [0.4, 0.5) is 18.9 Å². The lowest BCUT2D eigenvalue weighted by atomic mass is 10.1. The van der Waals surface area contributed by atoms with Crippen molar-refractivity contribution in [2.75, 3.05) is 18.4 Å². The molecule has 0 spiro atoms. The molecule has 0 bridgehead atoms. The van der Waals surface area contributed by atoms with Crippen molar-refractivity contribution in [3.8, 4) is 24.7 Å². The Labute approximate surface area is 247 Å². The number of terminal acetylenes is 1. The molecule has 1 atom stereocenters. The van der Waals surface area contributed by atoms with Crippen LogP contribution in [0.25, 0.3) is 0 Å². The van der Waals surface area contributed by atoms with Gasteiger partial charge in [0, 0.05) is 47.7 Å². The van der Waals surface area contributed by atoms with Gasteiger partial charge in [0.2, 0.25) is 0 Å². The molecule has 0 aliphatic heterocycles. The van der Waals surface area contributed by atoms with Crippen molar-refractivity contribution in [3.05, 3.63) is 126 Å². The Bertz CT molecular complexity index is 1290. The van der Waals surface area contributed by atoms with Gasteiger partial charge >= 0.3 is 0 Å². The first-order valence-electron chi connectivity index (χ1n) is 13.1. The number of rotatable bonds is 14. The fourth-order valence-electron chi connectivity index (χ4n) is 3.07. The van der Waals surface area contributed by atoms with E-state index in [0.29, 0.717) is 18.7 Å². The smallest absolute Gasteiger partial charge is 0.194 e. The number of hydroxylamine groups is 1. The van der Waals surface area contributed by atoms with Crippen LogP contribution in [-0.2, 0) is 6.54 Å². The zero-order valence-corrected chi connectivity index (χ0v) is 24.1. The third-order valence-electron chi connectivity index (χ3n) is 5.12. The van der Waals surface area contributed by atoms with Crippen molar-refractivity contribution in [2.24, 2.45) is 5.73 Å². The molecule has 2 aromatic carbocycles. The summed E-state index contributed by atoms with van der Waals surface area (Å²) in [6.45, 7) is 16.1. The fourth-order valence-corrected chi connectivity index (χ4v) is 3.07. The van der Waals surface area contributed by atoms with Crippen LogP contribution in [0.3, 0.4) is 0 Å². The van der Waals surface area contributed by atoms with Gasteiger partial charge in [-0.15, -0.1) is 12.8 Å². The molecule has 6 nitrogen and oxygen atoms in total. The average Bonchev–Trinajstić information content (AvgIpc) is 3.01. The van der Waals surface area contributed by atoms with E-state index >= 15 is 0 Å². The van der Waals surface area contributed by atoms with E-state index in [1.54, 1.807) is 12.2 Å². The van der Waals surface area contributed by atoms with E-state index in [1.807, 2.05) is 55.7 Å². The number of halogens is 3. The fraction of sp³-hybridized carbons (Fsp3) is 0.212. The van der Waals surface area contributed by atoms with Crippen molar-refractivity contribution in [1.82, 2.24) is 16.1 Å². The Kier molecular flexibility index (Phi) is 19.8. The van der Waals surface area contributed by atoms with Gasteiger partial charge in [-0.05, 0) is 42.8 Å². The lowest BCUT2D eigenvalue weighted by molar-refractivity contribution is 0.190. The molecule has 1 unspecified atom stereocenters. The van der Waals surface area contributed by atoms with Crippen LogP contribution < -0.4 is 27.2 Å². The molecule has 0 aromatic heterocycles. The van der Waals surface area contributed by atoms with E-state index in [9.17, 15) is 13.2 Å². The van der Waals surface area contributed by atoms with Crippen LogP contribution >= 0.6 is 0 Å². The Morgan fingerprint density at radius 2 is 1.74 bits per heavy atom. The van der Waals surface area contributed by atoms with E-state index < -0.39 is 23.6 Å². The van der Waals surface area contributed by atoms with Crippen molar-refractivity contribution in [1.29, 1.82) is 0 Å².